The summed E-state index contributed by atoms with van der Waals surface area (Å²) in [7, 11) is 0. The van der Waals surface area contributed by atoms with E-state index in [1.165, 1.54) is 17.4 Å². The van der Waals surface area contributed by atoms with Crippen molar-refractivity contribution >= 4 is 29.8 Å². The van der Waals surface area contributed by atoms with Gasteiger partial charge in [0.05, 0.1) is 6.33 Å². The van der Waals surface area contributed by atoms with Gasteiger partial charge in [0.2, 0.25) is 17.7 Å². The van der Waals surface area contributed by atoms with Crippen LogP contribution >= 0.6 is 0 Å². The number of aromatic nitrogens is 2. The van der Waals surface area contributed by atoms with Crippen molar-refractivity contribution in [2.45, 2.75) is 56.1 Å². The average Bonchev–Trinajstić information content (AvgIpc) is 3.77. The lowest BCUT2D eigenvalue weighted by Crippen LogP contribution is -2.56. The van der Waals surface area contributed by atoms with Crippen molar-refractivity contribution in [2.24, 2.45) is 5.73 Å². The molecule has 2 heterocycles. The summed E-state index contributed by atoms with van der Waals surface area (Å²) in [6.07, 6.45) is 2.50. The van der Waals surface area contributed by atoms with Gasteiger partial charge in [-0.25, -0.2) is 14.6 Å². The SMILES string of the molecule is NC(=O)CC[C@H](NC(=O)[C@H](Cc1cnc[nH]1)NC(=O)OCC1c2ccccc2-c2ccccc21)C(=O)N1CCC[C@H]1C(=O)O. The lowest BCUT2D eigenvalue weighted by Gasteiger charge is -2.28. The van der Waals surface area contributed by atoms with Crippen LogP contribution in [0.15, 0.2) is 61.1 Å². The van der Waals surface area contributed by atoms with E-state index in [2.05, 4.69) is 20.6 Å². The van der Waals surface area contributed by atoms with E-state index >= 15 is 0 Å². The Kier molecular flexibility index (Phi) is 9.22. The molecule has 230 valence electrons. The molecule has 4 amide bonds. The Bertz CT molecular complexity index is 1500. The van der Waals surface area contributed by atoms with Crippen LogP contribution in [-0.4, -0.2) is 81.0 Å². The van der Waals surface area contributed by atoms with Crippen molar-refractivity contribution in [3.63, 3.8) is 0 Å². The number of hydrogen-bond donors (Lipinski definition) is 5. The third kappa shape index (κ3) is 6.72. The molecule has 13 nitrogen and oxygen atoms in total. The number of aromatic amines is 1. The van der Waals surface area contributed by atoms with E-state index in [-0.39, 0.29) is 44.8 Å². The van der Waals surface area contributed by atoms with E-state index in [0.29, 0.717) is 12.1 Å². The second kappa shape index (κ2) is 13.4. The molecule has 1 saturated heterocycles. The molecule has 13 heteroatoms. The number of rotatable bonds is 12. The number of fused-ring (bicyclic) bond motifs is 3. The summed E-state index contributed by atoms with van der Waals surface area (Å²) in [5.41, 5.74) is 10.1. The van der Waals surface area contributed by atoms with Gasteiger partial charge < -0.3 is 36.1 Å². The number of carbonyl (C=O) groups is 5. The van der Waals surface area contributed by atoms with Gasteiger partial charge in [0.15, 0.2) is 0 Å². The largest absolute Gasteiger partial charge is 0.480 e. The molecule has 0 saturated carbocycles. The van der Waals surface area contributed by atoms with Crippen LogP contribution in [0.25, 0.3) is 11.1 Å². The van der Waals surface area contributed by atoms with Crippen molar-refractivity contribution in [1.29, 1.82) is 0 Å². The fourth-order valence-electron chi connectivity index (χ4n) is 5.91. The van der Waals surface area contributed by atoms with Crippen molar-refractivity contribution in [1.82, 2.24) is 25.5 Å². The lowest BCUT2D eigenvalue weighted by atomic mass is 9.98. The highest BCUT2D eigenvalue weighted by Crippen LogP contribution is 2.44. The predicted octanol–water partition coefficient (Wildman–Crippen LogP) is 1.69. The molecular weight excluding hydrogens is 568 g/mol. The molecule has 0 spiro atoms. The number of primary amides is 1. The Hall–Kier alpha value is -5.20. The van der Waals surface area contributed by atoms with Gasteiger partial charge in [-0.05, 0) is 41.5 Å². The third-order valence-corrected chi connectivity index (χ3v) is 8.05. The minimum Gasteiger partial charge on any atom is -0.480 e. The van der Waals surface area contributed by atoms with E-state index in [1.54, 1.807) is 0 Å². The minimum absolute atomic E-state index is 0.00573. The molecule has 1 aliphatic carbocycles. The average molecular weight is 603 g/mol. The second-order valence-electron chi connectivity index (χ2n) is 10.9. The molecule has 44 heavy (non-hydrogen) atoms. The molecule has 6 N–H and O–H groups in total. The summed E-state index contributed by atoms with van der Waals surface area (Å²) in [4.78, 5) is 71.3. The first-order chi connectivity index (χ1) is 21.2. The van der Waals surface area contributed by atoms with Crippen LogP contribution in [0.2, 0.25) is 0 Å². The minimum atomic E-state index is -1.23. The van der Waals surface area contributed by atoms with Gasteiger partial charge in [-0.2, -0.15) is 0 Å². The summed E-state index contributed by atoms with van der Waals surface area (Å²) >= 11 is 0. The quantitative estimate of drug-likeness (QED) is 0.206. The van der Waals surface area contributed by atoms with Gasteiger partial charge in [0.1, 0.15) is 24.7 Å². The van der Waals surface area contributed by atoms with E-state index < -0.39 is 47.9 Å². The molecular formula is C31H34N6O7. The summed E-state index contributed by atoms with van der Waals surface area (Å²) in [6, 6.07) is 12.4. The van der Waals surface area contributed by atoms with Crippen molar-refractivity contribution in [3.8, 4) is 11.1 Å². The van der Waals surface area contributed by atoms with Crippen LogP contribution in [0.5, 0.6) is 0 Å². The molecule has 0 bridgehead atoms. The number of nitrogens with zero attached hydrogens (tertiary/aromatic N) is 2. The number of likely N-dealkylation sites (tertiary alicyclic amines) is 1. The monoisotopic (exact) mass is 602 g/mol. The summed E-state index contributed by atoms with van der Waals surface area (Å²) in [5, 5.41) is 14.8. The summed E-state index contributed by atoms with van der Waals surface area (Å²) in [6.45, 7) is 0.234. The van der Waals surface area contributed by atoms with Crippen LogP contribution < -0.4 is 16.4 Å². The van der Waals surface area contributed by atoms with Crippen molar-refractivity contribution in [2.75, 3.05) is 13.2 Å². The highest BCUT2D eigenvalue weighted by atomic mass is 16.5. The Balaban J connectivity index is 1.29. The van der Waals surface area contributed by atoms with Crippen LogP contribution in [0.4, 0.5) is 4.79 Å². The Labute approximate surface area is 253 Å². The van der Waals surface area contributed by atoms with E-state index in [9.17, 15) is 29.1 Å². The topological polar surface area (TPSA) is 197 Å². The number of ether oxygens (including phenoxy) is 1. The zero-order valence-corrected chi connectivity index (χ0v) is 23.9. The zero-order valence-electron chi connectivity index (χ0n) is 23.9. The first-order valence-corrected chi connectivity index (χ1v) is 14.4. The number of imidazole rings is 1. The van der Waals surface area contributed by atoms with Crippen LogP contribution in [0.3, 0.4) is 0 Å². The molecule has 0 radical (unpaired) electrons. The highest BCUT2D eigenvalue weighted by molar-refractivity contribution is 5.93. The molecule has 3 aromatic rings. The molecule has 5 rings (SSSR count). The lowest BCUT2D eigenvalue weighted by molar-refractivity contribution is -0.149. The highest BCUT2D eigenvalue weighted by Gasteiger charge is 2.38. The first-order valence-electron chi connectivity index (χ1n) is 14.4. The Morgan fingerprint density at radius 2 is 1.70 bits per heavy atom. The molecule has 1 fully saturated rings. The first kappa shape index (κ1) is 30.3. The molecule has 0 unspecified atom stereocenters. The smallest absolute Gasteiger partial charge is 0.407 e. The fraction of sp³-hybridized carbons (Fsp3) is 0.355. The van der Waals surface area contributed by atoms with Crippen molar-refractivity contribution in [3.05, 3.63) is 77.9 Å². The van der Waals surface area contributed by atoms with Crippen LogP contribution in [-0.2, 0) is 30.3 Å². The number of nitrogens with one attached hydrogen (secondary N) is 3. The number of carbonyl (C=O) groups excluding carboxylic acids is 4. The van der Waals surface area contributed by atoms with Crippen LogP contribution in [0, 0.1) is 0 Å². The maximum atomic E-state index is 13.6. The number of benzene rings is 2. The van der Waals surface area contributed by atoms with Gasteiger partial charge in [-0.3, -0.25) is 14.4 Å². The molecule has 2 aromatic carbocycles. The summed E-state index contributed by atoms with van der Waals surface area (Å²) in [5.74, 6) is -3.37. The fourth-order valence-corrected chi connectivity index (χ4v) is 5.91. The van der Waals surface area contributed by atoms with E-state index in [1.807, 2.05) is 48.5 Å². The van der Waals surface area contributed by atoms with Crippen molar-refractivity contribution < 1.29 is 33.8 Å². The number of nitrogens with two attached hydrogens (primary N) is 1. The number of amides is 4. The van der Waals surface area contributed by atoms with Gasteiger partial charge >= 0.3 is 12.1 Å². The second-order valence-corrected chi connectivity index (χ2v) is 10.9. The Morgan fingerprint density at radius 1 is 1.02 bits per heavy atom. The number of aliphatic carboxylic acids is 1. The molecule has 2 aliphatic rings. The molecule has 1 aliphatic heterocycles. The van der Waals surface area contributed by atoms with Gasteiger partial charge in [0.25, 0.3) is 0 Å². The van der Waals surface area contributed by atoms with Gasteiger partial charge in [-0.15, -0.1) is 0 Å². The third-order valence-electron chi connectivity index (χ3n) is 8.05. The molecule has 3 atom stereocenters. The number of carboxylic acid groups (broad SMARTS) is 1. The molecule has 1 aromatic heterocycles. The van der Waals surface area contributed by atoms with Crippen LogP contribution in [0.1, 0.15) is 48.4 Å². The van der Waals surface area contributed by atoms with Gasteiger partial charge in [0, 0.05) is 37.2 Å². The summed E-state index contributed by atoms with van der Waals surface area (Å²) < 4.78 is 5.64. The number of hydrogen-bond acceptors (Lipinski definition) is 7. The normalized spacial score (nSPS) is 16.8. The maximum absolute atomic E-state index is 13.6. The zero-order chi connectivity index (χ0) is 31.2. The predicted molar refractivity (Wildman–Crippen MR) is 157 cm³/mol. The number of alkyl carbamates (subject to hydrolysis) is 1. The van der Waals surface area contributed by atoms with Gasteiger partial charge in [-0.1, -0.05) is 48.5 Å². The Morgan fingerprint density at radius 3 is 2.32 bits per heavy atom. The maximum Gasteiger partial charge on any atom is 0.407 e. The van der Waals surface area contributed by atoms with E-state index in [4.69, 9.17) is 10.5 Å². The van der Waals surface area contributed by atoms with E-state index in [0.717, 1.165) is 22.3 Å². The number of H-pyrrole nitrogens is 1. The number of carboxylic acids is 1. The standard InChI is InChI=1S/C31H34N6O7/c32-27(38)12-11-24(29(40)37-13-5-10-26(37)30(41)42)35-28(39)25(14-18-15-33-17-34-18)36-31(43)44-16-23-21-8-3-1-6-19(21)20-7-2-4-9-22(20)23/h1-4,6-9,15,17,23-26H,5,10-14,16H2,(H2,32,38)(H,33,34)(H,35,39)(H,36,43)(H,41,42)/t24-,25-,26-/m0/s1.